The molecule has 0 amide bonds. The Morgan fingerprint density at radius 2 is 0.733 bits per heavy atom. The molecule has 0 saturated heterocycles. The summed E-state index contributed by atoms with van der Waals surface area (Å²) in [6.07, 6.45) is 0. The number of hydrogen-bond donors (Lipinski definition) is 0. The summed E-state index contributed by atoms with van der Waals surface area (Å²) < 4.78 is 0. The summed E-state index contributed by atoms with van der Waals surface area (Å²) in [4.78, 5) is 5.46. The van der Waals surface area contributed by atoms with Gasteiger partial charge in [0.2, 0.25) is 6.71 Å². The van der Waals surface area contributed by atoms with Gasteiger partial charge in [0.1, 0.15) is 0 Å². The van der Waals surface area contributed by atoms with Crippen molar-refractivity contribution >= 4 is 46.6 Å². The maximum Gasteiger partial charge on any atom is 0.247 e. The molecular weight excluding hydrogens is 579 g/mol. The van der Waals surface area contributed by atoms with Crippen molar-refractivity contribution in [2.45, 2.75) is 19.6 Å². The summed E-state index contributed by atoms with van der Waals surface area (Å²) in [6, 6.07) is 60.1. The van der Waals surface area contributed by atoms with Gasteiger partial charge in [-0.15, -0.1) is 0 Å². The van der Waals surface area contributed by atoms with E-state index in [-0.39, 0.29) is 6.71 Å². The molecule has 0 spiro atoms. The van der Waals surface area contributed by atoms with Crippen molar-refractivity contribution in [3.05, 3.63) is 164 Å². The molecule has 0 N–H and O–H groups in total. The summed E-state index contributed by atoms with van der Waals surface area (Å²) in [5, 5.41) is 0. The maximum atomic E-state index is 2.47. The van der Waals surface area contributed by atoms with Gasteiger partial charge < -0.3 is 0 Å². The van der Waals surface area contributed by atoms with Gasteiger partial charge in [0.15, 0.2) is 0 Å². The lowest BCUT2D eigenvalue weighted by Crippen LogP contribution is -2.58. The largest absolute Gasteiger partial charge is 0.247 e. The number of rotatable bonds is 4. The Kier molecular flexibility index (Phi) is 6.54. The Hall–Kier alpha value is -4.70. The molecule has 210 valence electrons. The second-order valence-electron chi connectivity index (χ2n) is 11.7. The monoisotopic (exact) mass is 606 g/mol. The van der Waals surface area contributed by atoms with Crippen LogP contribution >= 0.6 is 23.5 Å². The van der Waals surface area contributed by atoms with Gasteiger partial charge >= 0.3 is 0 Å². The van der Waals surface area contributed by atoms with E-state index in [1.54, 1.807) is 0 Å². The number of benzene rings is 7. The molecule has 0 fully saturated rings. The zero-order valence-electron chi connectivity index (χ0n) is 24.5. The van der Waals surface area contributed by atoms with Crippen LogP contribution in [0.2, 0.25) is 0 Å². The molecule has 0 radical (unpaired) electrons. The van der Waals surface area contributed by atoms with E-state index in [0.717, 1.165) is 0 Å². The first-order valence-electron chi connectivity index (χ1n) is 15.4. The minimum atomic E-state index is 0.193. The molecule has 0 bridgehead atoms. The first-order chi connectivity index (χ1) is 22.3. The molecule has 7 aromatic carbocycles. The van der Waals surface area contributed by atoms with Crippen LogP contribution in [-0.2, 0) is 0 Å². The average molecular weight is 607 g/mol. The topological polar surface area (TPSA) is 0 Å². The molecule has 7 aromatic rings. The lowest BCUT2D eigenvalue weighted by atomic mass is 9.36. The van der Waals surface area contributed by atoms with E-state index in [1.807, 2.05) is 23.5 Å². The zero-order chi connectivity index (χ0) is 29.7. The van der Waals surface area contributed by atoms with Gasteiger partial charge in [-0.05, 0) is 80.3 Å². The molecule has 3 heteroatoms. The number of hydrogen-bond acceptors (Lipinski definition) is 2. The van der Waals surface area contributed by atoms with Crippen molar-refractivity contribution in [3.63, 3.8) is 0 Å². The molecule has 0 aliphatic carbocycles. The Morgan fingerprint density at radius 3 is 1.22 bits per heavy atom. The van der Waals surface area contributed by atoms with Gasteiger partial charge in [0.25, 0.3) is 0 Å². The molecular formula is C42H27BS2. The third kappa shape index (κ3) is 4.58. The van der Waals surface area contributed by atoms with E-state index >= 15 is 0 Å². The van der Waals surface area contributed by atoms with Crippen molar-refractivity contribution in [1.82, 2.24) is 0 Å². The fourth-order valence-corrected chi connectivity index (χ4v) is 9.53. The fraction of sp³-hybridized carbons (Fsp3) is 0. The third-order valence-corrected chi connectivity index (χ3v) is 11.5. The van der Waals surface area contributed by atoms with Gasteiger partial charge in [-0.3, -0.25) is 0 Å². The van der Waals surface area contributed by atoms with Crippen LogP contribution in [0.1, 0.15) is 0 Å². The Labute approximate surface area is 273 Å². The molecule has 2 aliphatic rings. The second kappa shape index (κ2) is 11.0. The molecule has 2 heterocycles. The molecule has 0 aromatic heterocycles. The molecule has 9 rings (SSSR count). The summed E-state index contributed by atoms with van der Waals surface area (Å²) in [5.74, 6) is 0. The van der Waals surface area contributed by atoms with Crippen LogP contribution in [0.15, 0.2) is 183 Å². The molecule has 0 saturated carbocycles. The normalized spacial score (nSPS) is 12.7. The van der Waals surface area contributed by atoms with Gasteiger partial charge in [-0.1, -0.05) is 168 Å². The minimum absolute atomic E-state index is 0.193. The van der Waals surface area contributed by atoms with Crippen LogP contribution in [0.3, 0.4) is 0 Å². The molecule has 0 unspecified atom stereocenters. The average Bonchev–Trinajstić information content (AvgIpc) is 3.12. The van der Waals surface area contributed by atoms with E-state index in [9.17, 15) is 0 Å². The fourth-order valence-electron chi connectivity index (χ4n) is 6.90. The van der Waals surface area contributed by atoms with Gasteiger partial charge in [0.05, 0.1) is 0 Å². The van der Waals surface area contributed by atoms with Crippen molar-refractivity contribution in [2.75, 3.05) is 0 Å². The van der Waals surface area contributed by atoms with Gasteiger partial charge in [0, 0.05) is 19.6 Å². The van der Waals surface area contributed by atoms with E-state index in [4.69, 9.17) is 0 Å². The summed E-state index contributed by atoms with van der Waals surface area (Å²) >= 11 is 3.88. The highest BCUT2D eigenvalue weighted by Crippen LogP contribution is 2.47. The molecule has 45 heavy (non-hydrogen) atoms. The van der Waals surface area contributed by atoms with Crippen LogP contribution in [0.5, 0.6) is 0 Å². The highest BCUT2D eigenvalue weighted by molar-refractivity contribution is 8.01. The first kappa shape index (κ1) is 26.7. The lowest BCUT2D eigenvalue weighted by molar-refractivity contribution is 1.33. The molecule has 0 nitrogen and oxygen atoms in total. The van der Waals surface area contributed by atoms with Crippen molar-refractivity contribution in [3.8, 4) is 44.5 Å². The third-order valence-electron chi connectivity index (χ3n) is 9.00. The summed E-state index contributed by atoms with van der Waals surface area (Å²) in [5.41, 5.74) is 14.3. The van der Waals surface area contributed by atoms with E-state index in [1.165, 1.54) is 80.5 Å². The Morgan fingerprint density at radius 1 is 0.333 bits per heavy atom. The van der Waals surface area contributed by atoms with Crippen LogP contribution in [-0.4, -0.2) is 6.71 Å². The molecule has 2 aliphatic heterocycles. The van der Waals surface area contributed by atoms with E-state index in [0.29, 0.717) is 0 Å². The zero-order valence-corrected chi connectivity index (χ0v) is 26.1. The second-order valence-corrected chi connectivity index (χ2v) is 13.8. The van der Waals surface area contributed by atoms with Crippen molar-refractivity contribution in [1.29, 1.82) is 0 Å². The standard InChI is InChI=1S/C42H27BS2/c1-3-13-28(14-4-1)30-17-11-19-32(25-30)34-27-35(33-20-12-18-31(26-33)29-15-5-2-6-16-29)42-40-41(34)44-38-23-9-7-21-36(38)43(40)37-22-8-10-24-39(37)45-42/h1-27H. The maximum absolute atomic E-state index is 2.47. The van der Waals surface area contributed by atoms with E-state index in [2.05, 4.69) is 164 Å². The SMILES string of the molecule is c1ccc(-c2cccc(-c3cc(-c4cccc(-c5ccccc5)c4)c4c5c3Sc3ccccc3B5c3ccccc3S4)c2)cc1. The smallest absolute Gasteiger partial charge is 0.0905 e. The quantitative estimate of drug-likeness (QED) is 0.183. The van der Waals surface area contributed by atoms with Crippen LogP contribution in [0, 0.1) is 0 Å². The van der Waals surface area contributed by atoms with Gasteiger partial charge in [-0.25, -0.2) is 0 Å². The molecule has 0 atom stereocenters. The number of fused-ring (bicyclic) bond motifs is 4. The minimum Gasteiger partial charge on any atom is -0.0905 e. The van der Waals surface area contributed by atoms with Crippen LogP contribution < -0.4 is 16.4 Å². The highest BCUT2D eigenvalue weighted by Gasteiger charge is 2.40. The predicted octanol–water partition coefficient (Wildman–Crippen LogP) is 9.80. The summed E-state index contributed by atoms with van der Waals surface area (Å²) in [6.45, 7) is 0.193. The van der Waals surface area contributed by atoms with Crippen LogP contribution in [0.4, 0.5) is 0 Å². The highest BCUT2D eigenvalue weighted by atomic mass is 32.2. The Balaban J connectivity index is 1.33. The first-order valence-corrected chi connectivity index (χ1v) is 17.0. The van der Waals surface area contributed by atoms with Crippen LogP contribution in [0.25, 0.3) is 44.5 Å². The van der Waals surface area contributed by atoms with E-state index < -0.39 is 0 Å². The van der Waals surface area contributed by atoms with Crippen molar-refractivity contribution in [2.24, 2.45) is 0 Å². The predicted molar refractivity (Wildman–Crippen MR) is 194 cm³/mol. The summed E-state index contributed by atoms with van der Waals surface area (Å²) in [7, 11) is 0. The Bertz CT molecular complexity index is 2070. The lowest BCUT2D eigenvalue weighted by Gasteiger charge is -2.35. The van der Waals surface area contributed by atoms with Crippen molar-refractivity contribution < 1.29 is 0 Å². The van der Waals surface area contributed by atoms with Gasteiger partial charge in [-0.2, -0.15) is 0 Å².